The maximum absolute atomic E-state index is 11.2. The summed E-state index contributed by atoms with van der Waals surface area (Å²) in [6.07, 6.45) is 4.96. The third kappa shape index (κ3) is 4.79. The lowest BCUT2D eigenvalue weighted by atomic mass is 9.89. The van der Waals surface area contributed by atoms with Crippen LogP contribution in [0.3, 0.4) is 0 Å². The van der Waals surface area contributed by atoms with E-state index in [2.05, 4.69) is 29.7 Å². The van der Waals surface area contributed by atoms with Gasteiger partial charge in [0.05, 0.1) is 6.54 Å². The quantitative estimate of drug-likeness (QED) is 0.799. The van der Waals surface area contributed by atoms with Crippen molar-refractivity contribution >= 4 is 8.07 Å². The molecule has 21 heavy (non-hydrogen) atoms. The SMILES string of the molecule is C[Si](C)(C)CCCC(O)(Cn1cncn1)c1ccccc1. The first-order chi connectivity index (χ1) is 9.89. The van der Waals surface area contributed by atoms with Crippen LogP contribution in [0, 0.1) is 0 Å². The van der Waals surface area contributed by atoms with E-state index in [1.54, 1.807) is 11.0 Å². The molecule has 2 rings (SSSR count). The number of benzene rings is 1. The van der Waals surface area contributed by atoms with Crippen molar-refractivity contribution in [3.05, 3.63) is 48.5 Å². The van der Waals surface area contributed by atoms with Crippen molar-refractivity contribution in [1.29, 1.82) is 0 Å². The number of hydrogen-bond donors (Lipinski definition) is 1. The van der Waals surface area contributed by atoms with Crippen molar-refractivity contribution in [2.24, 2.45) is 0 Å². The fraction of sp³-hybridized carbons (Fsp3) is 0.500. The van der Waals surface area contributed by atoms with Gasteiger partial charge in [0.25, 0.3) is 0 Å². The zero-order valence-corrected chi connectivity index (χ0v) is 14.2. The molecule has 5 heteroatoms. The number of aromatic nitrogens is 3. The van der Waals surface area contributed by atoms with Gasteiger partial charge in [-0.3, -0.25) is 0 Å². The fourth-order valence-electron chi connectivity index (χ4n) is 2.56. The smallest absolute Gasteiger partial charge is 0.137 e. The Kier molecular flexibility index (Phi) is 4.95. The van der Waals surface area contributed by atoms with Gasteiger partial charge >= 0.3 is 0 Å². The Hall–Kier alpha value is -1.46. The van der Waals surface area contributed by atoms with Crippen LogP contribution in [-0.4, -0.2) is 27.9 Å². The molecule has 1 heterocycles. The lowest BCUT2D eigenvalue weighted by Gasteiger charge is -2.29. The van der Waals surface area contributed by atoms with Crippen LogP contribution < -0.4 is 0 Å². The highest BCUT2D eigenvalue weighted by Gasteiger charge is 2.30. The number of rotatable bonds is 7. The summed E-state index contributed by atoms with van der Waals surface area (Å²) in [4.78, 5) is 3.97. The normalized spacial score (nSPS) is 14.9. The van der Waals surface area contributed by atoms with E-state index in [-0.39, 0.29) is 0 Å². The Bertz CT molecular complexity index is 536. The van der Waals surface area contributed by atoms with E-state index in [9.17, 15) is 5.11 Å². The molecule has 114 valence electrons. The van der Waals surface area contributed by atoms with Crippen LogP contribution in [0.5, 0.6) is 0 Å². The van der Waals surface area contributed by atoms with Gasteiger partial charge in [-0.2, -0.15) is 5.10 Å². The van der Waals surface area contributed by atoms with Crippen LogP contribution in [0.15, 0.2) is 43.0 Å². The summed E-state index contributed by atoms with van der Waals surface area (Å²) in [6.45, 7) is 7.55. The molecule has 0 radical (unpaired) electrons. The molecule has 0 aliphatic carbocycles. The van der Waals surface area contributed by atoms with Gasteiger partial charge in [-0.05, 0) is 12.0 Å². The molecule has 1 aromatic heterocycles. The van der Waals surface area contributed by atoms with E-state index in [1.165, 1.54) is 12.4 Å². The molecule has 0 aliphatic heterocycles. The van der Waals surface area contributed by atoms with Gasteiger partial charge in [0.15, 0.2) is 0 Å². The monoisotopic (exact) mass is 303 g/mol. The first-order valence-corrected chi connectivity index (χ1v) is 11.2. The van der Waals surface area contributed by atoms with Crippen molar-refractivity contribution in [3.63, 3.8) is 0 Å². The van der Waals surface area contributed by atoms with E-state index in [0.717, 1.165) is 18.4 Å². The zero-order valence-electron chi connectivity index (χ0n) is 13.2. The lowest BCUT2D eigenvalue weighted by molar-refractivity contribution is 0.00546. The van der Waals surface area contributed by atoms with Crippen molar-refractivity contribution in [2.45, 2.75) is 50.7 Å². The molecular formula is C16H25N3OSi. The lowest BCUT2D eigenvalue weighted by Crippen LogP contribution is -2.32. The van der Waals surface area contributed by atoms with Crippen LogP contribution in [0.25, 0.3) is 0 Å². The minimum atomic E-state index is -1.08. The van der Waals surface area contributed by atoms with Crippen molar-refractivity contribution in [3.8, 4) is 0 Å². The molecule has 0 amide bonds. The standard InChI is InChI=1S/C16H25N3OSi/c1-21(2,3)11-7-10-16(20,12-19-14-17-13-18-19)15-8-5-4-6-9-15/h4-6,8-9,13-14,20H,7,10-12H2,1-3H3. The Labute approximate surface area is 127 Å². The van der Waals surface area contributed by atoms with E-state index in [4.69, 9.17) is 0 Å². The average molecular weight is 303 g/mol. The largest absolute Gasteiger partial charge is 0.383 e. The summed E-state index contributed by atoms with van der Waals surface area (Å²) in [5, 5.41) is 15.3. The minimum Gasteiger partial charge on any atom is -0.383 e. The number of nitrogens with zero attached hydrogens (tertiary/aromatic N) is 3. The second-order valence-corrected chi connectivity index (χ2v) is 12.5. The van der Waals surface area contributed by atoms with E-state index in [0.29, 0.717) is 6.54 Å². The van der Waals surface area contributed by atoms with Crippen LogP contribution in [0.1, 0.15) is 18.4 Å². The molecule has 0 saturated heterocycles. The van der Waals surface area contributed by atoms with Gasteiger partial charge < -0.3 is 5.11 Å². The third-order valence-corrected chi connectivity index (χ3v) is 5.57. The Morgan fingerprint density at radius 1 is 1.19 bits per heavy atom. The van der Waals surface area contributed by atoms with Crippen molar-refractivity contribution in [2.75, 3.05) is 0 Å². The maximum atomic E-state index is 11.2. The summed E-state index contributed by atoms with van der Waals surface area (Å²) >= 11 is 0. The molecule has 0 aliphatic rings. The minimum absolute atomic E-state index is 0.447. The van der Waals surface area contributed by atoms with E-state index < -0.39 is 13.7 Å². The van der Waals surface area contributed by atoms with Crippen LogP contribution in [0.2, 0.25) is 25.7 Å². The van der Waals surface area contributed by atoms with Crippen LogP contribution in [-0.2, 0) is 12.1 Å². The molecule has 0 spiro atoms. The molecule has 1 atom stereocenters. The predicted molar refractivity (Wildman–Crippen MR) is 87.7 cm³/mol. The molecular weight excluding hydrogens is 278 g/mol. The Morgan fingerprint density at radius 2 is 1.90 bits per heavy atom. The molecule has 0 saturated carbocycles. The van der Waals surface area contributed by atoms with Crippen LogP contribution >= 0.6 is 0 Å². The van der Waals surface area contributed by atoms with Crippen molar-refractivity contribution in [1.82, 2.24) is 14.8 Å². The van der Waals surface area contributed by atoms with Crippen LogP contribution in [0.4, 0.5) is 0 Å². The molecule has 0 bridgehead atoms. The molecule has 0 fully saturated rings. The predicted octanol–water partition coefficient (Wildman–Crippen LogP) is 3.28. The van der Waals surface area contributed by atoms with Gasteiger partial charge in [0, 0.05) is 8.07 Å². The highest BCUT2D eigenvalue weighted by atomic mass is 28.3. The molecule has 4 nitrogen and oxygen atoms in total. The maximum Gasteiger partial charge on any atom is 0.137 e. The summed E-state index contributed by atoms with van der Waals surface area (Å²) < 4.78 is 1.71. The van der Waals surface area contributed by atoms with Gasteiger partial charge in [0.1, 0.15) is 18.3 Å². The number of aliphatic hydroxyl groups is 1. The van der Waals surface area contributed by atoms with E-state index >= 15 is 0 Å². The molecule has 1 unspecified atom stereocenters. The zero-order chi connectivity index (χ0) is 15.3. The summed E-state index contributed by atoms with van der Waals surface area (Å²) in [5.41, 5.74) is 0.0744. The highest BCUT2D eigenvalue weighted by Crippen LogP contribution is 2.30. The summed E-state index contributed by atoms with van der Waals surface area (Å²) in [5.74, 6) is 0. The highest BCUT2D eigenvalue weighted by molar-refractivity contribution is 6.76. The second-order valence-electron chi connectivity index (χ2n) is 6.90. The Morgan fingerprint density at radius 3 is 2.48 bits per heavy atom. The Balaban J connectivity index is 2.14. The summed E-state index contributed by atoms with van der Waals surface area (Å²) in [7, 11) is -1.08. The molecule has 1 aromatic carbocycles. The van der Waals surface area contributed by atoms with E-state index in [1.807, 2.05) is 30.3 Å². The third-order valence-electron chi connectivity index (χ3n) is 3.72. The average Bonchev–Trinajstić information content (AvgIpc) is 2.91. The summed E-state index contributed by atoms with van der Waals surface area (Å²) in [6, 6.07) is 11.1. The number of hydrogen-bond acceptors (Lipinski definition) is 3. The molecule has 2 aromatic rings. The fourth-order valence-corrected chi connectivity index (χ4v) is 3.79. The first-order valence-electron chi connectivity index (χ1n) is 7.49. The molecule has 1 N–H and O–H groups in total. The van der Waals surface area contributed by atoms with Crippen molar-refractivity contribution < 1.29 is 5.11 Å². The first kappa shape index (κ1) is 15.9. The second kappa shape index (κ2) is 6.53. The van der Waals surface area contributed by atoms with Gasteiger partial charge in [-0.1, -0.05) is 62.4 Å². The van der Waals surface area contributed by atoms with Gasteiger partial charge in [-0.25, -0.2) is 9.67 Å². The van der Waals surface area contributed by atoms with Gasteiger partial charge in [0.2, 0.25) is 0 Å². The van der Waals surface area contributed by atoms with Gasteiger partial charge in [-0.15, -0.1) is 0 Å². The topological polar surface area (TPSA) is 50.9 Å².